The van der Waals surface area contributed by atoms with Crippen molar-refractivity contribution in [2.75, 3.05) is 12.8 Å². The monoisotopic (exact) mass is 275 g/mol. The van der Waals surface area contributed by atoms with Crippen LogP contribution in [0.25, 0.3) is 0 Å². The maximum atomic E-state index is 11.6. The lowest BCUT2D eigenvalue weighted by Gasteiger charge is -2.07. The first-order valence-corrected chi connectivity index (χ1v) is 6.56. The van der Waals surface area contributed by atoms with Crippen molar-refractivity contribution in [3.63, 3.8) is 0 Å². The minimum absolute atomic E-state index is 0.344. The highest BCUT2D eigenvalue weighted by molar-refractivity contribution is 7.98. The van der Waals surface area contributed by atoms with Gasteiger partial charge in [-0.3, -0.25) is 0 Å². The summed E-state index contributed by atoms with van der Waals surface area (Å²) < 4.78 is 4.75. The first-order chi connectivity index (χ1) is 9.22. The molecule has 0 radical (unpaired) electrons. The van der Waals surface area contributed by atoms with E-state index < -0.39 is 0 Å². The van der Waals surface area contributed by atoms with E-state index in [1.165, 1.54) is 18.9 Å². The molecule has 0 aliphatic carbocycles. The van der Waals surface area contributed by atoms with Gasteiger partial charge in [0, 0.05) is 18.1 Å². The molecule has 0 aliphatic heterocycles. The molecule has 2 rings (SSSR count). The first-order valence-electron chi connectivity index (χ1n) is 5.58. The molecule has 0 saturated heterocycles. The summed E-state index contributed by atoms with van der Waals surface area (Å²) in [6.45, 7) is 0. The van der Waals surface area contributed by atoms with Crippen LogP contribution in [0, 0.1) is 0 Å². The molecule has 0 amide bonds. The van der Waals surface area contributed by atoms with Gasteiger partial charge in [0.2, 0.25) is 0 Å². The van der Waals surface area contributed by atoms with Crippen LogP contribution in [0.3, 0.4) is 0 Å². The van der Waals surface area contributed by atoms with Crippen LogP contribution in [0.1, 0.15) is 15.9 Å². The summed E-state index contributed by atoms with van der Waals surface area (Å²) in [5.41, 5.74) is 7.16. The number of hydrogen-bond donors (Lipinski definition) is 1. The Bertz CT molecular complexity index is 590. The van der Waals surface area contributed by atoms with Gasteiger partial charge in [0.1, 0.15) is 5.03 Å². The van der Waals surface area contributed by atoms with E-state index in [0.717, 1.165) is 5.56 Å². The van der Waals surface area contributed by atoms with Gasteiger partial charge in [-0.1, -0.05) is 30.0 Å². The van der Waals surface area contributed by atoms with Crippen molar-refractivity contribution in [3.05, 3.63) is 47.8 Å². The molecular formula is C13H13N3O2S. The number of anilines is 1. The van der Waals surface area contributed by atoms with Crippen LogP contribution in [0.5, 0.6) is 0 Å². The topological polar surface area (TPSA) is 78.1 Å². The third kappa shape index (κ3) is 3.23. The van der Waals surface area contributed by atoms with Crippen LogP contribution in [-0.2, 0) is 10.5 Å². The fraction of sp³-hybridized carbons (Fsp3) is 0.154. The minimum Gasteiger partial charge on any atom is -0.465 e. The SMILES string of the molecule is COC(=O)c1ccccc1CSc1nccnc1N. The first kappa shape index (κ1) is 13.4. The molecule has 2 aromatic rings. The molecule has 0 saturated carbocycles. The van der Waals surface area contributed by atoms with E-state index in [1.54, 1.807) is 24.5 Å². The molecule has 19 heavy (non-hydrogen) atoms. The zero-order valence-corrected chi connectivity index (χ0v) is 11.2. The number of nitrogen functional groups attached to an aromatic ring is 1. The van der Waals surface area contributed by atoms with Crippen LogP contribution in [0.4, 0.5) is 5.82 Å². The van der Waals surface area contributed by atoms with Gasteiger partial charge in [0.25, 0.3) is 0 Å². The Balaban J connectivity index is 2.16. The van der Waals surface area contributed by atoms with Gasteiger partial charge in [-0.15, -0.1) is 0 Å². The molecule has 0 unspecified atom stereocenters. The highest BCUT2D eigenvalue weighted by Crippen LogP contribution is 2.25. The summed E-state index contributed by atoms with van der Waals surface area (Å²) in [4.78, 5) is 19.7. The summed E-state index contributed by atoms with van der Waals surface area (Å²) >= 11 is 1.44. The number of rotatable bonds is 4. The maximum absolute atomic E-state index is 11.6. The highest BCUT2D eigenvalue weighted by Gasteiger charge is 2.12. The quantitative estimate of drug-likeness (QED) is 0.680. The average molecular weight is 275 g/mol. The molecular weight excluding hydrogens is 262 g/mol. The molecule has 0 spiro atoms. The second kappa shape index (κ2) is 6.19. The van der Waals surface area contributed by atoms with Gasteiger partial charge >= 0.3 is 5.97 Å². The van der Waals surface area contributed by atoms with E-state index in [-0.39, 0.29) is 5.97 Å². The van der Waals surface area contributed by atoms with Crippen LogP contribution in [0.2, 0.25) is 0 Å². The molecule has 1 heterocycles. The van der Waals surface area contributed by atoms with Gasteiger partial charge in [-0.2, -0.15) is 0 Å². The van der Waals surface area contributed by atoms with Crippen molar-refractivity contribution in [2.45, 2.75) is 10.8 Å². The van der Waals surface area contributed by atoms with Gasteiger partial charge in [0.15, 0.2) is 5.82 Å². The fourth-order valence-corrected chi connectivity index (χ4v) is 2.43. The molecule has 0 bridgehead atoms. The highest BCUT2D eigenvalue weighted by atomic mass is 32.2. The third-order valence-electron chi connectivity index (χ3n) is 2.48. The number of methoxy groups -OCH3 is 1. The van der Waals surface area contributed by atoms with Crippen LogP contribution in [-0.4, -0.2) is 23.0 Å². The lowest BCUT2D eigenvalue weighted by atomic mass is 10.1. The van der Waals surface area contributed by atoms with Crippen molar-refractivity contribution in [1.29, 1.82) is 0 Å². The van der Waals surface area contributed by atoms with Crippen molar-refractivity contribution in [3.8, 4) is 0 Å². The van der Waals surface area contributed by atoms with E-state index in [4.69, 9.17) is 10.5 Å². The zero-order chi connectivity index (χ0) is 13.7. The number of aromatic nitrogens is 2. The number of hydrogen-bond acceptors (Lipinski definition) is 6. The third-order valence-corrected chi connectivity index (χ3v) is 3.52. The van der Waals surface area contributed by atoms with E-state index in [2.05, 4.69) is 9.97 Å². The van der Waals surface area contributed by atoms with Crippen LogP contribution >= 0.6 is 11.8 Å². The second-order valence-corrected chi connectivity index (χ2v) is 4.65. The van der Waals surface area contributed by atoms with Crippen LogP contribution in [0.15, 0.2) is 41.7 Å². The predicted molar refractivity (Wildman–Crippen MR) is 73.8 cm³/mol. The summed E-state index contributed by atoms with van der Waals surface area (Å²) in [5.74, 6) is 0.625. The van der Waals surface area contributed by atoms with Crippen molar-refractivity contribution >= 4 is 23.5 Å². The van der Waals surface area contributed by atoms with E-state index in [9.17, 15) is 4.79 Å². The molecule has 0 aliphatic rings. The number of nitrogens with zero attached hydrogens (tertiary/aromatic N) is 2. The minimum atomic E-state index is -0.344. The fourth-order valence-electron chi connectivity index (χ4n) is 1.55. The Kier molecular flexibility index (Phi) is 4.35. The molecule has 6 heteroatoms. The number of thioether (sulfide) groups is 1. The van der Waals surface area contributed by atoms with Gasteiger partial charge in [-0.25, -0.2) is 14.8 Å². The van der Waals surface area contributed by atoms with Crippen LogP contribution < -0.4 is 5.73 Å². The smallest absolute Gasteiger partial charge is 0.338 e. The number of benzene rings is 1. The second-order valence-electron chi connectivity index (χ2n) is 3.68. The summed E-state index contributed by atoms with van der Waals surface area (Å²) in [6, 6.07) is 7.30. The zero-order valence-electron chi connectivity index (χ0n) is 10.4. The van der Waals surface area contributed by atoms with Crippen molar-refractivity contribution < 1.29 is 9.53 Å². The standard InChI is InChI=1S/C13H13N3O2S/c1-18-13(17)10-5-3-2-4-9(10)8-19-12-11(14)15-6-7-16-12/h2-7H,8H2,1H3,(H2,14,15). The number of ether oxygens (including phenoxy) is 1. The lowest BCUT2D eigenvalue weighted by Crippen LogP contribution is -2.05. The Hall–Kier alpha value is -2.08. The summed E-state index contributed by atoms with van der Waals surface area (Å²) in [6.07, 6.45) is 3.13. The molecule has 0 atom stereocenters. The molecule has 2 N–H and O–H groups in total. The van der Waals surface area contributed by atoms with Gasteiger partial charge in [-0.05, 0) is 11.6 Å². The maximum Gasteiger partial charge on any atom is 0.338 e. The summed E-state index contributed by atoms with van der Waals surface area (Å²) in [5, 5.41) is 0.655. The van der Waals surface area contributed by atoms with E-state index in [1.807, 2.05) is 12.1 Å². The summed E-state index contributed by atoms with van der Waals surface area (Å²) in [7, 11) is 1.37. The average Bonchev–Trinajstić information content (AvgIpc) is 2.46. The van der Waals surface area contributed by atoms with E-state index >= 15 is 0 Å². The molecule has 98 valence electrons. The Morgan fingerprint density at radius 3 is 2.79 bits per heavy atom. The Labute approximate surface area is 115 Å². The Morgan fingerprint density at radius 2 is 2.05 bits per heavy atom. The van der Waals surface area contributed by atoms with Crippen molar-refractivity contribution in [1.82, 2.24) is 9.97 Å². The molecule has 5 nitrogen and oxygen atoms in total. The normalized spacial score (nSPS) is 10.2. The largest absolute Gasteiger partial charge is 0.465 e. The predicted octanol–water partition coefficient (Wildman–Crippen LogP) is 2.14. The molecule has 1 aromatic carbocycles. The number of nitrogens with two attached hydrogens (primary N) is 1. The number of esters is 1. The van der Waals surface area contributed by atoms with Gasteiger partial charge in [0.05, 0.1) is 12.7 Å². The van der Waals surface area contributed by atoms with Crippen molar-refractivity contribution in [2.24, 2.45) is 0 Å². The van der Waals surface area contributed by atoms with Gasteiger partial charge < -0.3 is 10.5 Å². The Morgan fingerprint density at radius 1 is 1.32 bits per heavy atom. The number of carbonyl (C=O) groups is 1. The molecule has 0 fully saturated rings. The lowest BCUT2D eigenvalue weighted by molar-refractivity contribution is 0.0600. The van der Waals surface area contributed by atoms with E-state index in [0.29, 0.717) is 22.2 Å². The molecule has 1 aromatic heterocycles. The number of carbonyl (C=O) groups excluding carboxylic acids is 1.